The van der Waals surface area contributed by atoms with Gasteiger partial charge in [0.15, 0.2) is 10.5 Å². The van der Waals surface area contributed by atoms with E-state index in [4.69, 9.17) is 22.1 Å². The molecular weight excluding hydrogens is 176 g/mol. The predicted molar refractivity (Wildman–Crippen MR) is 46.6 cm³/mol. The quantitative estimate of drug-likeness (QED) is 0.688. The number of hydrogen-bond donors (Lipinski definition) is 2. The van der Waals surface area contributed by atoms with E-state index in [1.54, 1.807) is 13.1 Å². The van der Waals surface area contributed by atoms with E-state index in [2.05, 4.69) is 9.97 Å². The number of aliphatic hydroxyl groups excluding tert-OH is 1. The molecule has 0 saturated carbocycles. The van der Waals surface area contributed by atoms with Crippen molar-refractivity contribution >= 4 is 12.2 Å². The Morgan fingerprint density at radius 1 is 1.83 bits per heavy atom. The highest BCUT2D eigenvalue weighted by molar-refractivity contribution is 7.71. The van der Waals surface area contributed by atoms with Crippen LogP contribution in [0.4, 0.5) is 0 Å². The molecule has 4 nitrogen and oxygen atoms in total. The highest BCUT2D eigenvalue weighted by Crippen LogP contribution is 2.04. The third-order valence-corrected chi connectivity index (χ3v) is 1.36. The summed E-state index contributed by atoms with van der Waals surface area (Å²) in [7, 11) is 0. The van der Waals surface area contributed by atoms with Crippen LogP contribution in [0.1, 0.15) is 6.92 Å². The van der Waals surface area contributed by atoms with Crippen LogP contribution in [0.15, 0.2) is 12.4 Å². The maximum absolute atomic E-state index is 8.89. The molecule has 1 aromatic heterocycles. The Hall–Kier alpha value is -0.940. The molecule has 1 rings (SSSR count). The lowest BCUT2D eigenvalue weighted by molar-refractivity contribution is 0.122. The normalized spacial score (nSPS) is 12.5. The molecule has 1 heterocycles. The predicted octanol–water partition coefficient (Wildman–Crippen LogP) is 0.899. The minimum absolute atomic E-state index is 0.256. The van der Waals surface area contributed by atoms with Gasteiger partial charge in [0.05, 0.1) is 12.3 Å². The number of rotatable bonds is 3. The van der Waals surface area contributed by atoms with E-state index in [-0.39, 0.29) is 6.61 Å². The van der Waals surface area contributed by atoms with E-state index in [1.165, 1.54) is 6.20 Å². The van der Waals surface area contributed by atoms with Gasteiger partial charge >= 0.3 is 0 Å². The average molecular weight is 186 g/mol. The summed E-state index contributed by atoms with van der Waals surface area (Å²) in [5.41, 5.74) is 0. The number of H-pyrrole nitrogens is 1. The molecule has 0 amide bonds. The van der Waals surface area contributed by atoms with Gasteiger partial charge in [-0.1, -0.05) is 0 Å². The Kier molecular flexibility index (Phi) is 3.19. The first-order valence-corrected chi connectivity index (χ1v) is 3.95. The minimum Gasteiger partial charge on any atom is -0.488 e. The maximum atomic E-state index is 8.89. The molecule has 0 fully saturated rings. The molecule has 1 unspecified atom stereocenters. The van der Waals surface area contributed by atoms with Gasteiger partial charge in [-0.3, -0.25) is 0 Å². The van der Waals surface area contributed by atoms with E-state index in [1.807, 2.05) is 0 Å². The zero-order valence-electron chi connectivity index (χ0n) is 6.65. The van der Waals surface area contributed by atoms with Gasteiger partial charge < -0.3 is 14.8 Å². The molecule has 1 atom stereocenters. The molecule has 0 saturated heterocycles. The second-order valence-corrected chi connectivity index (χ2v) is 2.80. The third kappa shape index (κ3) is 2.98. The average Bonchev–Trinajstić information content (AvgIpc) is 2.03. The molecule has 0 aliphatic carbocycles. The highest BCUT2D eigenvalue weighted by atomic mass is 32.1. The summed E-state index contributed by atoms with van der Waals surface area (Å²) in [4.78, 5) is 6.53. The minimum atomic E-state index is -0.479. The van der Waals surface area contributed by atoms with Crippen molar-refractivity contribution in [3.05, 3.63) is 17.2 Å². The summed E-state index contributed by atoms with van der Waals surface area (Å²) in [6, 6.07) is 0. The molecule has 1 aromatic rings. The first-order valence-electron chi connectivity index (χ1n) is 3.54. The summed E-state index contributed by atoms with van der Waals surface area (Å²) in [6.07, 6.45) is 2.65. The number of hydrogen-bond acceptors (Lipinski definition) is 4. The van der Waals surface area contributed by atoms with E-state index >= 15 is 0 Å². The van der Waals surface area contributed by atoms with Gasteiger partial charge in [-0.25, -0.2) is 4.98 Å². The lowest BCUT2D eigenvalue weighted by Crippen LogP contribution is -2.12. The van der Waals surface area contributed by atoms with Gasteiger partial charge in [0.25, 0.3) is 0 Å². The van der Waals surface area contributed by atoms with Crippen molar-refractivity contribution in [2.75, 3.05) is 6.61 Å². The monoisotopic (exact) mass is 186 g/mol. The van der Waals surface area contributed by atoms with Crippen molar-refractivity contribution in [3.8, 4) is 5.75 Å². The van der Waals surface area contributed by atoms with Crippen LogP contribution in [-0.2, 0) is 0 Å². The van der Waals surface area contributed by atoms with Gasteiger partial charge in [-0.05, 0) is 19.1 Å². The van der Waals surface area contributed by atoms with Crippen molar-refractivity contribution in [2.24, 2.45) is 0 Å². The smallest absolute Gasteiger partial charge is 0.196 e. The lowest BCUT2D eigenvalue weighted by Gasteiger charge is -2.06. The Labute approximate surface area is 75.2 Å². The fraction of sp³-hybridized carbons (Fsp3) is 0.429. The number of nitrogens with zero attached hydrogens (tertiary/aromatic N) is 1. The third-order valence-electron chi connectivity index (χ3n) is 1.14. The Morgan fingerprint density at radius 3 is 3.08 bits per heavy atom. The van der Waals surface area contributed by atoms with Crippen molar-refractivity contribution in [1.82, 2.24) is 9.97 Å². The molecule has 66 valence electrons. The second kappa shape index (κ2) is 4.18. The number of ether oxygens (including phenoxy) is 1. The van der Waals surface area contributed by atoms with Crippen LogP contribution in [0.5, 0.6) is 5.75 Å². The van der Waals surface area contributed by atoms with Gasteiger partial charge in [0, 0.05) is 6.20 Å². The number of aromatic amines is 1. The molecule has 2 N–H and O–H groups in total. The first kappa shape index (κ1) is 9.15. The zero-order chi connectivity index (χ0) is 8.97. The molecule has 0 aromatic carbocycles. The summed E-state index contributed by atoms with van der Waals surface area (Å²) >= 11 is 4.74. The second-order valence-electron chi connectivity index (χ2n) is 2.41. The van der Waals surface area contributed by atoms with Crippen molar-refractivity contribution < 1.29 is 9.84 Å². The van der Waals surface area contributed by atoms with Crippen molar-refractivity contribution in [2.45, 2.75) is 13.0 Å². The topological polar surface area (TPSA) is 58.1 Å². The summed E-state index contributed by atoms with van der Waals surface area (Å²) in [6.45, 7) is 1.91. The fourth-order valence-corrected chi connectivity index (χ4v) is 0.737. The summed E-state index contributed by atoms with van der Waals surface area (Å²) < 4.78 is 5.55. The van der Waals surface area contributed by atoms with E-state index in [0.29, 0.717) is 10.5 Å². The van der Waals surface area contributed by atoms with Gasteiger partial charge in [0.2, 0.25) is 0 Å². The largest absolute Gasteiger partial charge is 0.488 e. The number of nitrogens with one attached hydrogen (secondary N) is 1. The van der Waals surface area contributed by atoms with E-state index < -0.39 is 6.10 Å². The Morgan fingerprint density at radius 2 is 2.58 bits per heavy atom. The van der Waals surface area contributed by atoms with Crippen LogP contribution in [0.2, 0.25) is 0 Å². The van der Waals surface area contributed by atoms with Crippen LogP contribution in [0.3, 0.4) is 0 Å². The van der Waals surface area contributed by atoms with Crippen LogP contribution in [0.25, 0.3) is 0 Å². The van der Waals surface area contributed by atoms with Crippen LogP contribution in [-0.4, -0.2) is 27.8 Å². The number of aromatic nitrogens is 2. The fourth-order valence-electron chi connectivity index (χ4n) is 0.625. The van der Waals surface area contributed by atoms with Crippen LogP contribution in [0, 0.1) is 4.77 Å². The van der Waals surface area contributed by atoms with E-state index in [9.17, 15) is 0 Å². The molecule has 0 spiro atoms. The molecule has 12 heavy (non-hydrogen) atoms. The van der Waals surface area contributed by atoms with Crippen molar-refractivity contribution in [1.29, 1.82) is 0 Å². The molecule has 0 bridgehead atoms. The standard InChI is InChI=1S/C7H10N2O2S/c1-5(10)4-11-6-2-8-7(12)9-3-6/h2-3,5,10H,4H2,1H3,(H,8,9,12). The van der Waals surface area contributed by atoms with E-state index in [0.717, 1.165) is 0 Å². The number of aliphatic hydroxyl groups is 1. The SMILES string of the molecule is CC(O)COc1cnc(=S)[nH]c1. The van der Waals surface area contributed by atoms with Crippen molar-refractivity contribution in [3.63, 3.8) is 0 Å². The highest BCUT2D eigenvalue weighted by Gasteiger charge is 1.96. The molecular formula is C7H10N2O2S. The maximum Gasteiger partial charge on any atom is 0.196 e. The first-order chi connectivity index (χ1) is 5.68. The van der Waals surface area contributed by atoms with Gasteiger partial charge in [0.1, 0.15) is 6.61 Å². The lowest BCUT2D eigenvalue weighted by atomic mass is 10.4. The van der Waals surface area contributed by atoms with Gasteiger partial charge in [-0.15, -0.1) is 0 Å². The summed E-state index contributed by atoms with van der Waals surface area (Å²) in [5.74, 6) is 0.574. The zero-order valence-corrected chi connectivity index (χ0v) is 7.47. The van der Waals surface area contributed by atoms with Crippen LogP contribution >= 0.6 is 12.2 Å². The van der Waals surface area contributed by atoms with Gasteiger partial charge in [-0.2, -0.15) is 0 Å². The molecule has 0 aliphatic rings. The molecule has 0 radical (unpaired) electrons. The Bertz CT molecular complexity index is 277. The van der Waals surface area contributed by atoms with Crippen LogP contribution < -0.4 is 4.74 Å². The molecule has 5 heteroatoms. The summed E-state index contributed by atoms with van der Waals surface area (Å²) in [5, 5.41) is 8.89. The molecule has 0 aliphatic heterocycles. The Balaban J connectivity index is 2.53.